The maximum Gasteiger partial charge on any atom is 0.319 e. The lowest BCUT2D eigenvalue weighted by Crippen LogP contribution is -2.41. The smallest absolute Gasteiger partial charge is 0.319 e. The summed E-state index contributed by atoms with van der Waals surface area (Å²) in [5.41, 5.74) is 2.82. The van der Waals surface area contributed by atoms with E-state index in [0.29, 0.717) is 26.4 Å². The van der Waals surface area contributed by atoms with E-state index in [1.807, 2.05) is 54.6 Å². The van der Waals surface area contributed by atoms with Gasteiger partial charge in [0.2, 0.25) is 0 Å². The minimum atomic E-state index is -0.248. The first-order chi connectivity index (χ1) is 11.3. The minimum absolute atomic E-state index is 0.0844. The summed E-state index contributed by atoms with van der Waals surface area (Å²) in [5, 5.41) is 5.73. The van der Waals surface area contributed by atoms with Crippen LogP contribution in [-0.2, 0) is 9.47 Å². The van der Waals surface area contributed by atoms with Crippen molar-refractivity contribution in [2.24, 2.45) is 0 Å². The summed E-state index contributed by atoms with van der Waals surface area (Å²) in [4.78, 5) is 12.1. The van der Waals surface area contributed by atoms with Crippen molar-refractivity contribution in [1.29, 1.82) is 0 Å². The van der Waals surface area contributed by atoms with Crippen molar-refractivity contribution < 1.29 is 14.3 Å². The van der Waals surface area contributed by atoms with Gasteiger partial charge < -0.3 is 20.1 Å². The summed E-state index contributed by atoms with van der Waals surface area (Å²) in [5.74, 6) is 0. The predicted octanol–water partition coefficient (Wildman–Crippen LogP) is 2.89. The first kappa shape index (κ1) is 15.5. The number of benzene rings is 2. The summed E-state index contributed by atoms with van der Waals surface area (Å²) in [6.07, 6.45) is -0.0844. The van der Waals surface area contributed by atoms with Crippen LogP contribution in [0.15, 0.2) is 54.6 Å². The standard InChI is InChI=1S/C18H20N2O3/c21-18(19-12-15-13-22-10-11-23-15)20-17-9-5-4-8-16(17)14-6-2-1-3-7-14/h1-9,15H,10-13H2,(H2,19,20,21). The molecule has 0 radical (unpaired) electrons. The van der Waals surface area contributed by atoms with Crippen molar-refractivity contribution in [3.05, 3.63) is 54.6 Å². The largest absolute Gasteiger partial charge is 0.376 e. The fourth-order valence-corrected chi connectivity index (χ4v) is 2.49. The van der Waals surface area contributed by atoms with E-state index in [4.69, 9.17) is 9.47 Å². The Hall–Kier alpha value is -2.37. The summed E-state index contributed by atoms with van der Waals surface area (Å²) < 4.78 is 10.8. The number of para-hydroxylation sites is 1. The number of carbonyl (C=O) groups is 1. The van der Waals surface area contributed by atoms with Crippen LogP contribution in [0, 0.1) is 0 Å². The maximum atomic E-state index is 12.1. The number of carbonyl (C=O) groups excluding carboxylic acids is 1. The molecule has 0 aliphatic carbocycles. The zero-order chi connectivity index (χ0) is 15.9. The van der Waals surface area contributed by atoms with Gasteiger partial charge in [0.05, 0.1) is 31.6 Å². The van der Waals surface area contributed by atoms with Gasteiger partial charge in [-0.15, -0.1) is 0 Å². The molecule has 5 nitrogen and oxygen atoms in total. The molecular formula is C18H20N2O3. The third kappa shape index (κ3) is 4.31. The molecule has 1 unspecified atom stereocenters. The minimum Gasteiger partial charge on any atom is -0.376 e. The van der Waals surface area contributed by atoms with Crippen LogP contribution in [0.5, 0.6) is 0 Å². The molecule has 1 aliphatic heterocycles. The van der Waals surface area contributed by atoms with E-state index in [1.54, 1.807) is 0 Å². The highest BCUT2D eigenvalue weighted by Crippen LogP contribution is 2.27. The maximum absolute atomic E-state index is 12.1. The highest BCUT2D eigenvalue weighted by molar-refractivity contribution is 5.94. The summed E-state index contributed by atoms with van der Waals surface area (Å²) >= 11 is 0. The molecule has 1 aliphatic rings. The van der Waals surface area contributed by atoms with Crippen molar-refractivity contribution in [1.82, 2.24) is 5.32 Å². The van der Waals surface area contributed by atoms with Crippen LogP contribution < -0.4 is 10.6 Å². The van der Waals surface area contributed by atoms with Gasteiger partial charge in [-0.3, -0.25) is 0 Å². The van der Waals surface area contributed by atoms with Gasteiger partial charge in [0.15, 0.2) is 0 Å². The lowest BCUT2D eigenvalue weighted by Gasteiger charge is -2.23. The first-order valence-electron chi connectivity index (χ1n) is 7.71. The number of ether oxygens (including phenoxy) is 2. The Morgan fingerprint density at radius 3 is 2.61 bits per heavy atom. The summed E-state index contributed by atoms with van der Waals surface area (Å²) in [7, 11) is 0. The third-order valence-electron chi connectivity index (χ3n) is 3.64. The van der Waals surface area contributed by atoms with Crippen LogP contribution in [0.4, 0.5) is 10.5 Å². The van der Waals surface area contributed by atoms with Crippen molar-refractivity contribution in [3.63, 3.8) is 0 Å². The molecule has 0 aromatic heterocycles. The number of hydrogen-bond acceptors (Lipinski definition) is 3. The van der Waals surface area contributed by atoms with E-state index >= 15 is 0 Å². The Bertz CT molecular complexity index is 640. The molecule has 0 bridgehead atoms. The molecule has 1 saturated heterocycles. The molecule has 2 aromatic carbocycles. The molecule has 3 rings (SSSR count). The van der Waals surface area contributed by atoms with Crippen LogP contribution in [0.2, 0.25) is 0 Å². The molecular weight excluding hydrogens is 292 g/mol. The Balaban J connectivity index is 1.62. The number of rotatable bonds is 4. The van der Waals surface area contributed by atoms with Crippen molar-refractivity contribution in [2.75, 3.05) is 31.7 Å². The fourth-order valence-electron chi connectivity index (χ4n) is 2.49. The lowest BCUT2D eigenvalue weighted by atomic mass is 10.0. The molecule has 120 valence electrons. The highest BCUT2D eigenvalue weighted by Gasteiger charge is 2.15. The summed E-state index contributed by atoms with van der Waals surface area (Å²) in [6.45, 7) is 2.14. The van der Waals surface area contributed by atoms with Crippen molar-refractivity contribution >= 4 is 11.7 Å². The fraction of sp³-hybridized carbons (Fsp3) is 0.278. The normalized spacial score (nSPS) is 17.5. The molecule has 23 heavy (non-hydrogen) atoms. The monoisotopic (exact) mass is 312 g/mol. The number of urea groups is 1. The van der Waals surface area contributed by atoms with E-state index in [1.165, 1.54) is 0 Å². The average molecular weight is 312 g/mol. The van der Waals surface area contributed by atoms with Gasteiger partial charge in [0.1, 0.15) is 0 Å². The van der Waals surface area contributed by atoms with Gasteiger partial charge in [0.25, 0.3) is 0 Å². The second kappa shape index (κ2) is 7.76. The van der Waals surface area contributed by atoms with Gasteiger partial charge in [-0.1, -0.05) is 48.5 Å². The van der Waals surface area contributed by atoms with Gasteiger partial charge in [-0.25, -0.2) is 4.79 Å². The number of nitrogens with one attached hydrogen (secondary N) is 2. The quantitative estimate of drug-likeness (QED) is 0.912. The van der Waals surface area contributed by atoms with Crippen LogP contribution in [0.1, 0.15) is 0 Å². The third-order valence-corrected chi connectivity index (χ3v) is 3.64. The zero-order valence-electron chi connectivity index (χ0n) is 12.8. The van der Waals surface area contributed by atoms with Crippen LogP contribution in [0.25, 0.3) is 11.1 Å². The van der Waals surface area contributed by atoms with E-state index in [2.05, 4.69) is 10.6 Å². The van der Waals surface area contributed by atoms with Crippen LogP contribution >= 0.6 is 0 Å². The SMILES string of the molecule is O=C(NCC1COCCO1)Nc1ccccc1-c1ccccc1. The van der Waals surface area contributed by atoms with E-state index < -0.39 is 0 Å². The molecule has 2 amide bonds. The summed E-state index contributed by atoms with van der Waals surface area (Å²) in [6, 6.07) is 17.5. The van der Waals surface area contributed by atoms with Crippen molar-refractivity contribution in [2.45, 2.75) is 6.10 Å². The predicted molar refractivity (Wildman–Crippen MR) is 89.5 cm³/mol. The van der Waals surface area contributed by atoms with Crippen LogP contribution in [-0.4, -0.2) is 38.5 Å². The molecule has 1 atom stereocenters. The van der Waals surface area contributed by atoms with Gasteiger partial charge in [0, 0.05) is 12.1 Å². The highest BCUT2D eigenvalue weighted by atomic mass is 16.6. The molecule has 2 N–H and O–H groups in total. The topological polar surface area (TPSA) is 59.6 Å². The second-order valence-electron chi connectivity index (χ2n) is 5.31. The van der Waals surface area contributed by atoms with E-state index in [9.17, 15) is 4.79 Å². The number of anilines is 1. The van der Waals surface area contributed by atoms with E-state index in [-0.39, 0.29) is 12.1 Å². The number of hydrogen-bond donors (Lipinski definition) is 2. The molecule has 1 heterocycles. The van der Waals surface area contributed by atoms with Gasteiger partial charge >= 0.3 is 6.03 Å². The second-order valence-corrected chi connectivity index (χ2v) is 5.31. The number of amides is 2. The van der Waals surface area contributed by atoms with Crippen LogP contribution in [0.3, 0.4) is 0 Å². The molecule has 2 aromatic rings. The first-order valence-corrected chi connectivity index (χ1v) is 7.71. The molecule has 0 spiro atoms. The Labute approximate surface area is 135 Å². The van der Waals surface area contributed by atoms with E-state index in [0.717, 1.165) is 16.8 Å². The molecule has 0 saturated carbocycles. The average Bonchev–Trinajstić information content (AvgIpc) is 2.62. The Morgan fingerprint density at radius 2 is 1.83 bits per heavy atom. The Morgan fingerprint density at radius 1 is 1.04 bits per heavy atom. The Kier molecular flexibility index (Phi) is 5.24. The lowest BCUT2D eigenvalue weighted by molar-refractivity contribution is -0.0852. The molecule has 5 heteroatoms. The van der Waals surface area contributed by atoms with Crippen molar-refractivity contribution in [3.8, 4) is 11.1 Å². The van der Waals surface area contributed by atoms with Gasteiger partial charge in [-0.2, -0.15) is 0 Å². The molecule has 1 fully saturated rings. The zero-order valence-corrected chi connectivity index (χ0v) is 12.8. The van der Waals surface area contributed by atoms with Gasteiger partial charge in [-0.05, 0) is 11.6 Å².